The minimum absolute atomic E-state index is 0.339. The number of aryl methyl sites for hydroxylation is 2. The van der Waals surface area contributed by atoms with Gasteiger partial charge in [-0.25, -0.2) is 0 Å². The fourth-order valence-corrected chi connectivity index (χ4v) is 8.04. The molecule has 0 unspecified atom stereocenters. The maximum absolute atomic E-state index is 14.3. The van der Waals surface area contributed by atoms with E-state index in [-0.39, 0.29) is 5.92 Å². The fraction of sp³-hybridized carbons (Fsp3) is 0.323. The number of hydrogen-bond acceptors (Lipinski definition) is 3. The van der Waals surface area contributed by atoms with Crippen molar-refractivity contribution in [2.75, 3.05) is 5.32 Å². The fourth-order valence-electron chi connectivity index (χ4n) is 6.94. The van der Waals surface area contributed by atoms with Crippen molar-refractivity contribution < 1.29 is 14.4 Å². The standard InChI is InChI=1S/C31H28Cl2N2O3/c1-16(2)26(27(36)34-19-14-17(3)13-18(4)15-19)35-28(37)24-25(29(35)38)31(33)21-10-6-5-9-20(21)30(24,32)22-11-7-8-12-23(22)31/h5-16,24-26H,1-4H3,(H,34,36)/t24-,25+,26-,30?,31?/m0/s1. The summed E-state index contributed by atoms with van der Waals surface area (Å²) in [7, 11) is 0. The lowest BCUT2D eigenvalue weighted by atomic mass is 9.54. The minimum atomic E-state index is -1.28. The first-order valence-corrected chi connectivity index (χ1v) is 13.6. The highest BCUT2D eigenvalue weighted by molar-refractivity contribution is 6.36. The van der Waals surface area contributed by atoms with Crippen LogP contribution >= 0.6 is 23.2 Å². The quantitative estimate of drug-likeness (QED) is 0.329. The summed E-state index contributed by atoms with van der Waals surface area (Å²) in [5, 5.41) is 2.94. The number of carbonyl (C=O) groups is 3. The van der Waals surface area contributed by atoms with Crippen LogP contribution in [0.5, 0.6) is 0 Å². The molecule has 3 aromatic rings. The highest BCUT2D eigenvalue weighted by Crippen LogP contribution is 2.69. The Morgan fingerprint density at radius 2 is 1.18 bits per heavy atom. The molecule has 1 fully saturated rings. The number of halogens is 2. The summed E-state index contributed by atoms with van der Waals surface area (Å²) in [5.74, 6) is -3.55. The highest BCUT2D eigenvalue weighted by Gasteiger charge is 2.73. The maximum Gasteiger partial charge on any atom is 0.247 e. The normalized spacial score (nSPS) is 27.7. The van der Waals surface area contributed by atoms with E-state index in [1.165, 1.54) is 0 Å². The van der Waals surface area contributed by atoms with Gasteiger partial charge in [0.25, 0.3) is 0 Å². The van der Waals surface area contributed by atoms with Crippen LogP contribution in [0, 0.1) is 31.6 Å². The average Bonchev–Trinajstić information content (AvgIpc) is 3.13. The predicted octanol–water partition coefficient (Wildman–Crippen LogP) is 5.86. The Bertz CT molecular complexity index is 1390. The van der Waals surface area contributed by atoms with Crippen molar-refractivity contribution in [3.8, 4) is 0 Å². The number of rotatable bonds is 4. The summed E-state index contributed by atoms with van der Waals surface area (Å²) in [6, 6.07) is 19.8. The SMILES string of the molecule is Cc1cc(C)cc(NC(=O)[C@H](C(C)C)N2C(=O)[C@@H]3[C@H](C2=O)C2(Cl)c4ccccc4C3(Cl)c3ccccc32)c1. The number of nitrogens with zero attached hydrogens (tertiary/aromatic N) is 1. The molecule has 3 amide bonds. The Kier molecular flexibility index (Phi) is 5.57. The molecule has 0 radical (unpaired) electrons. The van der Waals surface area contributed by atoms with Crippen LogP contribution in [0.15, 0.2) is 66.7 Å². The van der Waals surface area contributed by atoms with Gasteiger partial charge in [0.2, 0.25) is 17.7 Å². The smallest absolute Gasteiger partial charge is 0.247 e. The Labute approximate surface area is 232 Å². The van der Waals surface area contributed by atoms with Gasteiger partial charge in [-0.2, -0.15) is 0 Å². The number of nitrogens with one attached hydrogen (secondary N) is 1. The van der Waals surface area contributed by atoms with Crippen molar-refractivity contribution in [3.05, 3.63) is 100 Å². The topological polar surface area (TPSA) is 66.5 Å². The summed E-state index contributed by atoms with van der Waals surface area (Å²) < 4.78 is 0. The third-order valence-electron chi connectivity index (χ3n) is 8.29. The van der Waals surface area contributed by atoms with E-state index in [1.54, 1.807) is 0 Å². The van der Waals surface area contributed by atoms with Crippen molar-refractivity contribution in [3.63, 3.8) is 0 Å². The van der Waals surface area contributed by atoms with E-state index in [4.69, 9.17) is 23.2 Å². The van der Waals surface area contributed by atoms with Crippen LogP contribution in [-0.2, 0) is 24.1 Å². The van der Waals surface area contributed by atoms with Crippen LogP contribution < -0.4 is 5.32 Å². The van der Waals surface area contributed by atoms with Gasteiger partial charge in [0, 0.05) is 5.69 Å². The monoisotopic (exact) mass is 546 g/mol. The second-order valence-electron chi connectivity index (χ2n) is 11.1. The summed E-state index contributed by atoms with van der Waals surface area (Å²) in [6.45, 7) is 7.57. The van der Waals surface area contributed by atoms with Crippen molar-refractivity contribution in [1.29, 1.82) is 0 Å². The van der Waals surface area contributed by atoms with Crippen LogP contribution in [0.3, 0.4) is 0 Å². The molecule has 0 saturated carbocycles. The van der Waals surface area contributed by atoms with Gasteiger partial charge < -0.3 is 5.32 Å². The molecular formula is C31H28Cl2N2O3. The molecule has 3 aliphatic carbocycles. The first kappa shape index (κ1) is 25.1. The number of anilines is 1. The van der Waals surface area contributed by atoms with Crippen LogP contribution in [0.1, 0.15) is 47.2 Å². The number of benzene rings is 3. The van der Waals surface area contributed by atoms with Crippen molar-refractivity contribution >= 4 is 46.6 Å². The number of imide groups is 1. The van der Waals surface area contributed by atoms with Gasteiger partial charge in [0.1, 0.15) is 15.8 Å². The van der Waals surface area contributed by atoms with E-state index >= 15 is 0 Å². The molecule has 1 saturated heterocycles. The minimum Gasteiger partial charge on any atom is -0.324 e. The lowest BCUT2D eigenvalue weighted by molar-refractivity contribution is -0.148. The molecule has 4 aliphatic rings. The van der Waals surface area contributed by atoms with Gasteiger partial charge in [0.15, 0.2) is 0 Å². The molecule has 3 atom stereocenters. The molecule has 1 N–H and O–H groups in total. The predicted molar refractivity (Wildman–Crippen MR) is 148 cm³/mol. The number of hydrogen-bond donors (Lipinski definition) is 1. The molecule has 194 valence electrons. The Hall–Kier alpha value is -3.15. The number of amides is 3. The van der Waals surface area contributed by atoms with Gasteiger partial charge in [-0.1, -0.05) is 68.4 Å². The number of likely N-dealkylation sites (tertiary alicyclic amines) is 1. The van der Waals surface area contributed by atoms with E-state index in [0.29, 0.717) is 5.69 Å². The lowest BCUT2D eigenvalue weighted by Crippen LogP contribution is -2.57. The first-order chi connectivity index (χ1) is 18.0. The number of alkyl halides is 2. The molecule has 5 nitrogen and oxygen atoms in total. The Morgan fingerprint density at radius 3 is 1.55 bits per heavy atom. The second-order valence-corrected chi connectivity index (χ2v) is 12.3. The summed E-state index contributed by atoms with van der Waals surface area (Å²) >= 11 is 15.0. The molecule has 3 aromatic carbocycles. The van der Waals surface area contributed by atoms with Crippen LogP contribution in [0.4, 0.5) is 5.69 Å². The summed E-state index contributed by atoms with van der Waals surface area (Å²) in [5.41, 5.74) is 5.57. The summed E-state index contributed by atoms with van der Waals surface area (Å²) in [4.78, 5) is 40.9. The third-order valence-corrected chi connectivity index (χ3v) is 9.57. The van der Waals surface area contributed by atoms with Crippen LogP contribution in [-0.4, -0.2) is 28.7 Å². The van der Waals surface area contributed by atoms with Gasteiger partial charge in [-0.15, -0.1) is 23.2 Å². The van der Waals surface area contributed by atoms with Crippen molar-refractivity contribution in [1.82, 2.24) is 4.90 Å². The second kappa shape index (κ2) is 8.42. The molecule has 2 bridgehead atoms. The zero-order chi connectivity index (χ0) is 27.1. The number of carbonyl (C=O) groups excluding carboxylic acids is 3. The first-order valence-electron chi connectivity index (χ1n) is 12.8. The largest absolute Gasteiger partial charge is 0.324 e. The molecule has 7 heteroatoms. The van der Waals surface area contributed by atoms with E-state index in [0.717, 1.165) is 38.3 Å². The molecule has 1 aliphatic heterocycles. The zero-order valence-electron chi connectivity index (χ0n) is 21.6. The Balaban J connectivity index is 1.48. The van der Waals surface area contributed by atoms with Gasteiger partial charge >= 0.3 is 0 Å². The molecule has 7 rings (SSSR count). The van der Waals surface area contributed by atoms with E-state index in [9.17, 15) is 14.4 Å². The van der Waals surface area contributed by atoms with Crippen molar-refractivity contribution in [2.24, 2.45) is 17.8 Å². The van der Waals surface area contributed by atoms with Gasteiger partial charge in [-0.3, -0.25) is 19.3 Å². The maximum atomic E-state index is 14.3. The van der Waals surface area contributed by atoms with Gasteiger partial charge in [0.05, 0.1) is 11.8 Å². The Morgan fingerprint density at radius 1 is 0.789 bits per heavy atom. The molecule has 0 aromatic heterocycles. The van der Waals surface area contributed by atoms with E-state index in [1.807, 2.05) is 94.4 Å². The molecule has 0 spiro atoms. The molecule has 1 heterocycles. The van der Waals surface area contributed by atoms with E-state index < -0.39 is 45.3 Å². The summed E-state index contributed by atoms with van der Waals surface area (Å²) in [6.07, 6.45) is 0. The van der Waals surface area contributed by atoms with Crippen LogP contribution in [0.2, 0.25) is 0 Å². The van der Waals surface area contributed by atoms with E-state index in [2.05, 4.69) is 5.32 Å². The molecule has 38 heavy (non-hydrogen) atoms. The third kappa shape index (κ3) is 3.15. The average molecular weight is 547 g/mol. The van der Waals surface area contributed by atoms with Crippen molar-refractivity contribution in [2.45, 2.75) is 43.5 Å². The van der Waals surface area contributed by atoms with Gasteiger partial charge in [-0.05, 0) is 65.3 Å². The molecular weight excluding hydrogens is 519 g/mol. The zero-order valence-corrected chi connectivity index (χ0v) is 23.1. The van der Waals surface area contributed by atoms with Crippen LogP contribution in [0.25, 0.3) is 0 Å². The highest BCUT2D eigenvalue weighted by atomic mass is 35.5. The lowest BCUT2D eigenvalue weighted by Gasteiger charge is -2.54.